The summed E-state index contributed by atoms with van der Waals surface area (Å²) in [5.41, 5.74) is 0.644. The van der Waals surface area contributed by atoms with Crippen LogP contribution in [0.25, 0.3) is 0 Å². The Hall–Kier alpha value is -1.89. The molecule has 2 heterocycles. The molecule has 2 fully saturated rings. The molecule has 2 aliphatic rings. The number of carbonyl (C=O) groups is 2. The molecule has 3 rings (SSSR count). The van der Waals surface area contributed by atoms with E-state index in [-0.39, 0.29) is 18.4 Å². The first-order valence-corrected chi connectivity index (χ1v) is 7.51. The lowest BCUT2D eigenvalue weighted by Gasteiger charge is -2.07. The molecule has 1 aliphatic carbocycles. The molecule has 7 heteroatoms. The van der Waals surface area contributed by atoms with Crippen LogP contribution in [0.5, 0.6) is 0 Å². The van der Waals surface area contributed by atoms with Crippen molar-refractivity contribution in [3.8, 4) is 0 Å². The smallest absolute Gasteiger partial charge is 0.241 e. The summed E-state index contributed by atoms with van der Waals surface area (Å²) >= 11 is 0. The lowest BCUT2D eigenvalue weighted by molar-refractivity contribution is -0.122. The van der Waals surface area contributed by atoms with Gasteiger partial charge in [0.1, 0.15) is 6.54 Å². The van der Waals surface area contributed by atoms with E-state index in [1.54, 1.807) is 17.1 Å². The summed E-state index contributed by atoms with van der Waals surface area (Å²) in [7, 11) is 0. The average molecular weight is 291 g/mol. The second-order valence-electron chi connectivity index (χ2n) is 5.88. The largest absolute Gasteiger partial charge is 0.352 e. The highest BCUT2D eigenvalue weighted by Crippen LogP contribution is 2.18. The van der Waals surface area contributed by atoms with E-state index in [2.05, 4.69) is 21.0 Å². The Morgan fingerprint density at radius 3 is 2.90 bits per heavy atom. The van der Waals surface area contributed by atoms with Crippen molar-refractivity contribution in [1.82, 2.24) is 20.4 Å². The van der Waals surface area contributed by atoms with Crippen molar-refractivity contribution in [3.05, 3.63) is 12.4 Å². The first kappa shape index (κ1) is 14.1. The zero-order valence-electron chi connectivity index (χ0n) is 12.0. The molecule has 1 saturated heterocycles. The van der Waals surface area contributed by atoms with Crippen molar-refractivity contribution in [1.29, 1.82) is 0 Å². The second kappa shape index (κ2) is 6.26. The van der Waals surface area contributed by atoms with Gasteiger partial charge in [-0.2, -0.15) is 5.10 Å². The van der Waals surface area contributed by atoms with E-state index in [0.29, 0.717) is 24.1 Å². The number of nitrogens with one attached hydrogen (secondary N) is 3. The highest BCUT2D eigenvalue weighted by molar-refractivity contribution is 5.90. The Labute approximate surface area is 123 Å². The summed E-state index contributed by atoms with van der Waals surface area (Å²) in [5.74, 6) is 0.394. The molecule has 2 amide bonds. The Bertz CT molecular complexity index is 517. The molecule has 0 radical (unpaired) electrons. The van der Waals surface area contributed by atoms with Gasteiger partial charge in [-0.3, -0.25) is 14.3 Å². The monoisotopic (exact) mass is 291 g/mol. The number of nitrogens with zero attached hydrogens (tertiary/aromatic N) is 2. The Kier molecular flexibility index (Phi) is 4.19. The van der Waals surface area contributed by atoms with Gasteiger partial charge in [-0.1, -0.05) is 0 Å². The van der Waals surface area contributed by atoms with E-state index >= 15 is 0 Å². The maximum atomic E-state index is 11.9. The van der Waals surface area contributed by atoms with Crippen molar-refractivity contribution in [3.63, 3.8) is 0 Å². The molecule has 0 spiro atoms. The van der Waals surface area contributed by atoms with Crippen molar-refractivity contribution in [2.75, 3.05) is 18.4 Å². The predicted molar refractivity (Wildman–Crippen MR) is 77.6 cm³/mol. The summed E-state index contributed by atoms with van der Waals surface area (Å²) in [6.45, 7) is 2.10. The Morgan fingerprint density at radius 2 is 2.19 bits per heavy atom. The number of aromatic nitrogens is 2. The zero-order chi connectivity index (χ0) is 14.7. The zero-order valence-corrected chi connectivity index (χ0v) is 12.0. The van der Waals surface area contributed by atoms with Gasteiger partial charge in [0.25, 0.3) is 0 Å². The molecule has 114 valence electrons. The minimum Gasteiger partial charge on any atom is -0.352 e. The molecule has 1 aromatic heterocycles. The predicted octanol–water partition coefficient (Wildman–Crippen LogP) is 0.0998. The fraction of sp³-hybridized carbons (Fsp3) is 0.643. The molecule has 0 aromatic carbocycles. The number of anilines is 1. The molecule has 1 aromatic rings. The minimum absolute atomic E-state index is 0.00526. The highest BCUT2D eigenvalue weighted by atomic mass is 16.2. The first-order valence-electron chi connectivity index (χ1n) is 7.51. The normalized spacial score (nSPS) is 21.2. The Morgan fingerprint density at radius 1 is 1.33 bits per heavy atom. The van der Waals surface area contributed by atoms with Gasteiger partial charge in [0.2, 0.25) is 11.8 Å². The molecule has 1 atom stereocenters. The molecule has 21 heavy (non-hydrogen) atoms. The van der Waals surface area contributed by atoms with Gasteiger partial charge in [0, 0.05) is 18.7 Å². The van der Waals surface area contributed by atoms with Crippen molar-refractivity contribution >= 4 is 17.5 Å². The summed E-state index contributed by atoms with van der Waals surface area (Å²) in [6, 6.07) is 0.354. The molecule has 7 nitrogen and oxygen atoms in total. The summed E-state index contributed by atoms with van der Waals surface area (Å²) in [6.07, 6.45) is 6.99. The van der Waals surface area contributed by atoms with E-state index in [1.807, 2.05) is 0 Å². The molecular weight excluding hydrogens is 270 g/mol. The fourth-order valence-electron chi connectivity index (χ4n) is 2.53. The van der Waals surface area contributed by atoms with Crippen LogP contribution in [-0.2, 0) is 16.1 Å². The lowest BCUT2D eigenvalue weighted by Crippen LogP contribution is -2.29. The standard InChI is InChI=1S/C14H21N5O2/c20-13(5-10-3-4-15-6-10)18-12-7-16-19(8-12)9-14(21)17-11-1-2-11/h7-8,10-11,15H,1-6,9H2,(H,17,21)(H,18,20). The van der Waals surface area contributed by atoms with Gasteiger partial charge in [0.15, 0.2) is 0 Å². The molecule has 3 N–H and O–H groups in total. The van der Waals surface area contributed by atoms with Crippen LogP contribution in [0, 0.1) is 5.92 Å². The third-order valence-electron chi connectivity index (χ3n) is 3.80. The van der Waals surface area contributed by atoms with Gasteiger partial charge >= 0.3 is 0 Å². The fourth-order valence-corrected chi connectivity index (χ4v) is 2.53. The van der Waals surface area contributed by atoms with Crippen LogP contribution in [0.3, 0.4) is 0 Å². The molecule has 1 aliphatic heterocycles. The van der Waals surface area contributed by atoms with E-state index in [9.17, 15) is 9.59 Å². The van der Waals surface area contributed by atoms with Gasteiger partial charge in [0.05, 0.1) is 11.9 Å². The van der Waals surface area contributed by atoms with E-state index < -0.39 is 0 Å². The lowest BCUT2D eigenvalue weighted by atomic mass is 10.0. The van der Waals surface area contributed by atoms with Crippen LogP contribution in [-0.4, -0.2) is 40.7 Å². The van der Waals surface area contributed by atoms with Crippen LogP contribution in [0.15, 0.2) is 12.4 Å². The molecule has 1 saturated carbocycles. The molecule has 0 bridgehead atoms. The topological polar surface area (TPSA) is 88.1 Å². The summed E-state index contributed by atoms with van der Waals surface area (Å²) < 4.78 is 1.55. The van der Waals surface area contributed by atoms with Crippen LogP contribution in [0.4, 0.5) is 5.69 Å². The number of amides is 2. The Balaban J connectivity index is 1.45. The molecular formula is C14H21N5O2. The van der Waals surface area contributed by atoms with Gasteiger partial charge in [-0.25, -0.2) is 0 Å². The van der Waals surface area contributed by atoms with Crippen LogP contribution < -0.4 is 16.0 Å². The quantitative estimate of drug-likeness (QED) is 0.693. The average Bonchev–Trinajstić information content (AvgIpc) is 2.91. The maximum absolute atomic E-state index is 11.9. The third kappa shape index (κ3) is 4.29. The minimum atomic E-state index is -0.0319. The summed E-state index contributed by atoms with van der Waals surface area (Å²) in [4.78, 5) is 23.6. The van der Waals surface area contributed by atoms with Gasteiger partial charge in [-0.05, 0) is 38.3 Å². The van der Waals surface area contributed by atoms with Crippen molar-refractivity contribution < 1.29 is 9.59 Å². The molecule has 1 unspecified atom stereocenters. The highest BCUT2D eigenvalue weighted by Gasteiger charge is 2.23. The maximum Gasteiger partial charge on any atom is 0.241 e. The van der Waals surface area contributed by atoms with Crippen LogP contribution in [0.1, 0.15) is 25.7 Å². The van der Waals surface area contributed by atoms with E-state index in [4.69, 9.17) is 0 Å². The van der Waals surface area contributed by atoms with E-state index in [0.717, 1.165) is 32.4 Å². The third-order valence-corrected chi connectivity index (χ3v) is 3.80. The van der Waals surface area contributed by atoms with Crippen LogP contribution in [0.2, 0.25) is 0 Å². The number of hydrogen-bond acceptors (Lipinski definition) is 4. The SMILES string of the molecule is O=C(CC1CCNC1)Nc1cnn(CC(=O)NC2CC2)c1. The van der Waals surface area contributed by atoms with Crippen molar-refractivity contribution in [2.24, 2.45) is 5.92 Å². The van der Waals surface area contributed by atoms with Crippen molar-refractivity contribution in [2.45, 2.75) is 38.3 Å². The van der Waals surface area contributed by atoms with E-state index in [1.165, 1.54) is 0 Å². The summed E-state index contributed by atoms with van der Waals surface area (Å²) in [5, 5.41) is 13.1. The van der Waals surface area contributed by atoms with Gasteiger partial charge < -0.3 is 16.0 Å². The number of carbonyl (C=O) groups excluding carboxylic acids is 2. The van der Waals surface area contributed by atoms with Gasteiger partial charge in [-0.15, -0.1) is 0 Å². The number of rotatable bonds is 6. The number of hydrogen-bond donors (Lipinski definition) is 3. The van der Waals surface area contributed by atoms with Crippen LogP contribution >= 0.6 is 0 Å². The second-order valence-corrected chi connectivity index (χ2v) is 5.88. The first-order chi connectivity index (χ1) is 10.2.